The zero-order chi connectivity index (χ0) is 13.1. The largest absolute Gasteiger partial charge is 0.393 e. The van der Waals surface area contributed by atoms with Crippen molar-refractivity contribution in [1.29, 1.82) is 0 Å². The van der Waals surface area contributed by atoms with Gasteiger partial charge in [0.05, 0.1) is 24.4 Å². The van der Waals surface area contributed by atoms with Gasteiger partial charge in [0.1, 0.15) is 5.69 Å². The van der Waals surface area contributed by atoms with Crippen LogP contribution in [0.3, 0.4) is 0 Å². The van der Waals surface area contributed by atoms with Crippen molar-refractivity contribution in [2.24, 2.45) is 0 Å². The van der Waals surface area contributed by atoms with E-state index in [0.717, 1.165) is 32.1 Å². The molecular formula is C12H21N3O3. The standard InChI is InChI=1S/C12H21N3O3/c1-18-7-8-11(13)12(17)15(14-8)9-5-3-2-4-6-10(9)16/h9-10,14,16H,2-7,13H2,1H3. The molecule has 6 nitrogen and oxygen atoms in total. The minimum absolute atomic E-state index is 0.188. The molecule has 6 heteroatoms. The minimum Gasteiger partial charge on any atom is -0.393 e. The normalized spacial score (nSPS) is 25.0. The van der Waals surface area contributed by atoms with E-state index in [4.69, 9.17) is 10.5 Å². The molecule has 0 bridgehead atoms. The summed E-state index contributed by atoms with van der Waals surface area (Å²) in [6.45, 7) is 0.275. The lowest BCUT2D eigenvalue weighted by atomic mass is 10.1. The van der Waals surface area contributed by atoms with E-state index in [0.29, 0.717) is 5.69 Å². The fourth-order valence-electron chi connectivity index (χ4n) is 2.57. The molecule has 2 unspecified atom stereocenters. The quantitative estimate of drug-likeness (QED) is 0.695. The summed E-state index contributed by atoms with van der Waals surface area (Å²) in [5.74, 6) is 0. The maximum Gasteiger partial charge on any atom is 0.290 e. The van der Waals surface area contributed by atoms with Gasteiger partial charge in [0, 0.05) is 7.11 Å². The molecule has 1 aliphatic carbocycles. The maximum absolute atomic E-state index is 12.1. The third kappa shape index (κ3) is 2.44. The van der Waals surface area contributed by atoms with Crippen LogP contribution in [-0.2, 0) is 11.3 Å². The number of hydrogen-bond donors (Lipinski definition) is 3. The zero-order valence-electron chi connectivity index (χ0n) is 10.7. The van der Waals surface area contributed by atoms with E-state index in [1.165, 1.54) is 4.68 Å². The number of nitrogens with two attached hydrogens (primary N) is 1. The lowest BCUT2D eigenvalue weighted by Gasteiger charge is -2.20. The molecule has 0 saturated heterocycles. The summed E-state index contributed by atoms with van der Waals surface area (Å²) >= 11 is 0. The van der Waals surface area contributed by atoms with Gasteiger partial charge in [-0.05, 0) is 12.8 Å². The summed E-state index contributed by atoms with van der Waals surface area (Å²) < 4.78 is 6.46. The Bertz CT molecular complexity index is 452. The van der Waals surface area contributed by atoms with Gasteiger partial charge in [0.15, 0.2) is 0 Å². The van der Waals surface area contributed by atoms with Gasteiger partial charge < -0.3 is 15.6 Å². The Morgan fingerprint density at radius 2 is 2.17 bits per heavy atom. The Kier molecular flexibility index (Phi) is 4.08. The van der Waals surface area contributed by atoms with Crippen LogP contribution in [0.2, 0.25) is 0 Å². The Labute approximate surface area is 106 Å². The number of nitrogens with one attached hydrogen (secondary N) is 1. The summed E-state index contributed by atoms with van der Waals surface area (Å²) in [6, 6.07) is -0.201. The van der Waals surface area contributed by atoms with E-state index in [1.807, 2.05) is 0 Å². The summed E-state index contributed by atoms with van der Waals surface area (Å²) in [6.07, 6.45) is 4.17. The summed E-state index contributed by atoms with van der Waals surface area (Å²) in [4.78, 5) is 12.1. The number of aromatic nitrogens is 2. The minimum atomic E-state index is -0.487. The Morgan fingerprint density at radius 3 is 2.89 bits per heavy atom. The fourth-order valence-corrected chi connectivity index (χ4v) is 2.57. The molecule has 4 N–H and O–H groups in total. The summed E-state index contributed by atoms with van der Waals surface area (Å²) in [7, 11) is 1.55. The second-order valence-corrected chi connectivity index (χ2v) is 4.88. The van der Waals surface area contributed by atoms with Crippen LogP contribution in [-0.4, -0.2) is 28.1 Å². The number of nitrogen functional groups attached to an aromatic ring is 1. The molecule has 1 aromatic heterocycles. The topological polar surface area (TPSA) is 93.3 Å². The average Bonchev–Trinajstić information content (AvgIpc) is 2.55. The number of aliphatic hydroxyl groups is 1. The van der Waals surface area contributed by atoms with E-state index in [9.17, 15) is 9.90 Å². The van der Waals surface area contributed by atoms with Crippen molar-refractivity contribution in [3.8, 4) is 0 Å². The third-order valence-corrected chi connectivity index (χ3v) is 3.59. The fraction of sp³-hybridized carbons (Fsp3) is 0.750. The van der Waals surface area contributed by atoms with E-state index in [-0.39, 0.29) is 23.9 Å². The first-order valence-electron chi connectivity index (χ1n) is 6.41. The number of nitrogens with zero attached hydrogens (tertiary/aromatic N) is 1. The first-order valence-corrected chi connectivity index (χ1v) is 6.41. The lowest BCUT2D eigenvalue weighted by Crippen LogP contribution is -2.31. The first kappa shape index (κ1) is 13.2. The summed E-state index contributed by atoms with van der Waals surface area (Å²) in [5.41, 5.74) is 6.27. The van der Waals surface area contributed by atoms with Gasteiger partial charge in [0.25, 0.3) is 5.56 Å². The van der Waals surface area contributed by atoms with Crippen molar-refractivity contribution in [2.75, 3.05) is 12.8 Å². The van der Waals surface area contributed by atoms with Crippen LogP contribution in [0.4, 0.5) is 5.69 Å². The molecule has 1 aliphatic rings. The predicted octanol–water partition coefficient (Wildman–Crippen LogP) is 0.771. The van der Waals surface area contributed by atoms with E-state index in [2.05, 4.69) is 5.10 Å². The van der Waals surface area contributed by atoms with Gasteiger partial charge in [-0.3, -0.25) is 9.89 Å². The van der Waals surface area contributed by atoms with Gasteiger partial charge in [-0.15, -0.1) is 0 Å². The van der Waals surface area contributed by atoms with Crippen LogP contribution in [0.15, 0.2) is 4.79 Å². The highest BCUT2D eigenvalue weighted by molar-refractivity contribution is 5.40. The van der Waals surface area contributed by atoms with Gasteiger partial charge in [-0.1, -0.05) is 19.3 Å². The second-order valence-electron chi connectivity index (χ2n) is 4.88. The van der Waals surface area contributed by atoms with Crippen molar-refractivity contribution in [2.45, 2.75) is 50.9 Å². The van der Waals surface area contributed by atoms with Gasteiger partial charge in [-0.25, -0.2) is 4.68 Å². The van der Waals surface area contributed by atoms with Crippen LogP contribution >= 0.6 is 0 Å². The molecule has 1 fully saturated rings. The highest BCUT2D eigenvalue weighted by atomic mass is 16.5. The number of aliphatic hydroxyl groups excluding tert-OH is 1. The highest BCUT2D eigenvalue weighted by Gasteiger charge is 2.26. The van der Waals surface area contributed by atoms with Crippen LogP contribution in [0, 0.1) is 0 Å². The smallest absolute Gasteiger partial charge is 0.290 e. The molecule has 1 saturated carbocycles. The molecule has 0 radical (unpaired) electrons. The SMILES string of the molecule is COCc1[nH]n(C2CCCCCC2O)c(=O)c1N. The molecule has 1 heterocycles. The van der Waals surface area contributed by atoms with Crippen LogP contribution < -0.4 is 11.3 Å². The molecule has 2 rings (SSSR count). The zero-order valence-corrected chi connectivity index (χ0v) is 10.7. The number of aromatic amines is 1. The van der Waals surface area contributed by atoms with E-state index in [1.54, 1.807) is 7.11 Å². The van der Waals surface area contributed by atoms with Gasteiger partial charge in [-0.2, -0.15) is 0 Å². The molecule has 0 spiro atoms. The molecule has 0 amide bonds. The predicted molar refractivity (Wildman–Crippen MR) is 68.3 cm³/mol. The van der Waals surface area contributed by atoms with Crippen molar-refractivity contribution >= 4 is 5.69 Å². The number of hydrogen-bond acceptors (Lipinski definition) is 4. The highest BCUT2D eigenvalue weighted by Crippen LogP contribution is 2.26. The monoisotopic (exact) mass is 255 g/mol. The number of H-pyrrole nitrogens is 1. The average molecular weight is 255 g/mol. The number of methoxy groups -OCH3 is 1. The number of ether oxygens (including phenoxy) is 1. The maximum atomic E-state index is 12.1. The molecule has 1 aromatic rings. The Hall–Kier alpha value is -1.27. The van der Waals surface area contributed by atoms with Gasteiger partial charge >= 0.3 is 0 Å². The molecule has 102 valence electrons. The number of anilines is 1. The van der Waals surface area contributed by atoms with Crippen molar-refractivity contribution in [1.82, 2.24) is 9.78 Å². The Morgan fingerprint density at radius 1 is 1.44 bits per heavy atom. The van der Waals surface area contributed by atoms with Crippen molar-refractivity contribution in [3.05, 3.63) is 16.0 Å². The van der Waals surface area contributed by atoms with Crippen LogP contribution in [0.5, 0.6) is 0 Å². The molecule has 0 aliphatic heterocycles. The molecule has 18 heavy (non-hydrogen) atoms. The van der Waals surface area contributed by atoms with E-state index < -0.39 is 6.10 Å². The third-order valence-electron chi connectivity index (χ3n) is 3.59. The van der Waals surface area contributed by atoms with Gasteiger partial charge in [0.2, 0.25) is 0 Å². The molecule has 2 atom stereocenters. The van der Waals surface area contributed by atoms with Crippen LogP contribution in [0.1, 0.15) is 43.8 Å². The molecule has 0 aromatic carbocycles. The van der Waals surface area contributed by atoms with E-state index >= 15 is 0 Å². The lowest BCUT2D eigenvalue weighted by molar-refractivity contribution is 0.0964. The second kappa shape index (κ2) is 5.58. The van der Waals surface area contributed by atoms with Crippen molar-refractivity contribution < 1.29 is 9.84 Å². The number of rotatable bonds is 3. The first-order chi connectivity index (χ1) is 8.65. The molecular weight excluding hydrogens is 234 g/mol. The summed E-state index contributed by atoms with van der Waals surface area (Å²) in [5, 5.41) is 13.1. The van der Waals surface area contributed by atoms with Crippen molar-refractivity contribution in [3.63, 3.8) is 0 Å². The van der Waals surface area contributed by atoms with Crippen LogP contribution in [0.25, 0.3) is 0 Å². The Balaban J connectivity index is 2.31.